The molecule has 10 heteroatoms. The maximum Gasteiger partial charge on any atom is 0.472 e. The molecule has 0 aromatic rings. The second-order valence-corrected chi connectivity index (χ2v) is 15.4. The molecule has 292 valence electrons. The van der Waals surface area contributed by atoms with Gasteiger partial charge in [-0.25, -0.2) is 4.57 Å². The molecule has 0 saturated carbocycles. The summed E-state index contributed by atoms with van der Waals surface area (Å²) in [4.78, 5) is 33.0. The van der Waals surface area contributed by atoms with Gasteiger partial charge in [-0.3, -0.25) is 18.6 Å². The first-order valence-electron chi connectivity index (χ1n) is 20.5. The molecular weight excluding hydrogens is 641 g/mol. The average Bonchev–Trinajstić information content (AvgIpc) is 3.07. The van der Waals surface area contributed by atoms with Gasteiger partial charge in [0.05, 0.1) is 13.2 Å². The molecule has 0 fully saturated rings. The standard InChI is InChI=1S/C39H78NO8P/c1-3-4-5-6-7-8-9-10-11-12-13-14-15-16-17-18-19-20-21-22-23-24-25-26-27-28-29-30-31-32-39(42)45-35-38(48-37(2)41)36-47-49(43,44)46-34-33-40/h38H,3-36,40H2,1-2H3,(H,43,44)/t38-/m1/s1. The van der Waals surface area contributed by atoms with E-state index < -0.39 is 32.5 Å². The van der Waals surface area contributed by atoms with E-state index >= 15 is 0 Å². The third-order valence-electron chi connectivity index (χ3n) is 9.04. The van der Waals surface area contributed by atoms with E-state index in [4.69, 9.17) is 19.7 Å². The Bertz CT molecular complexity index is 784. The second-order valence-electron chi connectivity index (χ2n) is 14.0. The van der Waals surface area contributed by atoms with Crippen LogP contribution < -0.4 is 5.73 Å². The van der Waals surface area contributed by atoms with Gasteiger partial charge in [0.1, 0.15) is 6.61 Å². The maximum atomic E-state index is 12.1. The van der Waals surface area contributed by atoms with Crippen LogP contribution in [0, 0.1) is 0 Å². The largest absolute Gasteiger partial charge is 0.472 e. The van der Waals surface area contributed by atoms with Crippen molar-refractivity contribution < 1.29 is 37.6 Å². The van der Waals surface area contributed by atoms with Gasteiger partial charge in [0.2, 0.25) is 0 Å². The van der Waals surface area contributed by atoms with Gasteiger partial charge in [-0.15, -0.1) is 0 Å². The van der Waals surface area contributed by atoms with Crippen LogP contribution in [0.4, 0.5) is 0 Å². The summed E-state index contributed by atoms with van der Waals surface area (Å²) in [6.45, 7) is 2.69. The van der Waals surface area contributed by atoms with E-state index in [1.165, 1.54) is 174 Å². The smallest absolute Gasteiger partial charge is 0.462 e. The van der Waals surface area contributed by atoms with Gasteiger partial charge in [-0.2, -0.15) is 0 Å². The molecule has 49 heavy (non-hydrogen) atoms. The lowest BCUT2D eigenvalue weighted by Gasteiger charge is -2.19. The lowest BCUT2D eigenvalue weighted by Crippen LogP contribution is -2.28. The molecule has 0 radical (unpaired) electrons. The fraction of sp³-hybridized carbons (Fsp3) is 0.949. The number of phosphoric acid groups is 1. The van der Waals surface area contributed by atoms with Crippen LogP contribution >= 0.6 is 7.82 Å². The normalized spacial score (nSPS) is 13.3. The summed E-state index contributed by atoms with van der Waals surface area (Å²) in [6.07, 6.45) is 38.5. The van der Waals surface area contributed by atoms with Crippen LogP contribution in [0.1, 0.15) is 206 Å². The first-order valence-corrected chi connectivity index (χ1v) is 21.9. The fourth-order valence-electron chi connectivity index (χ4n) is 6.11. The van der Waals surface area contributed by atoms with Crippen molar-refractivity contribution in [3.05, 3.63) is 0 Å². The van der Waals surface area contributed by atoms with Crippen LogP contribution in [0.3, 0.4) is 0 Å². The van der Waals surface area contributed by atoms with Gasteiger partial charge in [0.15, 0.2) is 6.10 Å². The average molecular weight is 720 g/mol. The van der Waals surface area contributed by atoms with Crippen molar-refractivity contribution in [1.29, 1.82) is 0 Å². The van der Waals surface area contributed by atoms with Gasteiger partial charge >= 0.3 is 19.8 Å². The quantitative estimate of drug-likeness (QED) is 0.0361. The van der Waals surface area contributed by atoms with E-state index in [2.05, 4.69) is 11.4 Å². The summed E-state index contributed by atoms with van der Waals surface area (Å²) < 4.78 is 31.4. The highest BCUT2D eigenvalue weighted by Crippen LogP contribution is 2.43. The summed E-state index contributed by atoms with van der Waals surface area (Å²) in [5.41, 5.74) is 5.24. The molecule has 0 aliphatic carbocycles. The van der Waals surface area contributed by atoms with Gasteiger partial charge in [0, 0.05) is 19.9 Å². The van der Waals surface area contributed by atoms with Gasteiger partial charge in [0.25, 0.3) is 0 Å². The monoisotopic (exact) mass is 720 g/mol. The molecule has 0 aromatic heterocycles. The summed E-state index contributed by atoms with van der Waals surface area (Å²) >= 11 is 0. The third-order valence-corrected chi connectivity index (χ3v) is 10.0. The Morgan fingerprint density at radius 2 is 0.918 bits per heavy atom. The summed E-state index contributed by atoms with van der Waals surface area (Å²) in [6, 6.07) is 0. The van der Waals surface area contributed by atoms with Crippen molar-refractivity contribution in [3.63, 3.8) is 0 Å². The maximum absolute atomic E-state index is 12.1. The first-order chi connectivity index (χ1) is 23.8. The van der Waals surface area contributed by atoms with Crippen molar-refractivity contribution in [2.45, 2.75) is 213 Å². The molecule has 0 aliphatic heterocycles. The van der Waals surface area contributed by atoms with Gasteiger partial charge < -0.3 is 20.1 Å². The zero-order valence-corrected chi connectivity index (χ0v) is 32.8. The summed E-state index contributed by atoms with van der Waals surface area (Å²) in [7, 11) is -4.32. The molecular formula is C39H78NO8P. The summed E-state index contributed by atoms with van der Waals surface area (Å²) in [5, 5.41) is 0. The van der Waals surface area contributed by atoms with Crippen LogP contribution in [-0.2, 0) is 32.7 Å². The zero-order chi connectivity index (χ0) is 36.1. The predicted molar refractivity (Wildman–Crippen MR) is 201 cm³/mol. The summed E-state index contributed by atoms with van der Waals surface area (Å²) in [5.74, 6) is -1.01. The minimum Gasteiger partial charge on any atom is -0.462 e. The van der Waals surface area contributed by atoms with Crippen LogP contribution in [0.25, 0.3) is 0 Å². The Morgan fingerprint density at radius 1 is 0.571 bits per heavy atom. The lowest BCUT2D eigenvalue weighted by molar-refractivity contribution is -0.159. The molecule has 0 aromatic carbocycles. The Kier molecular flexibility index (Phi) is 36.0. The van der Waals surface area contributed by atoms with Crippen molar-refractivity contribution >= 4 is 19.8 Å². The number of carbonyl (C=O) groups is 2. The Morgan fingerprint density at radius 3 is 1.24 bits per heavy atom. The molecule has 9 nitrogen and oxygen atoms in total. The van der Waals surface area contributed by atoms with Crippen LogP contribution in [0.2, 0.25) is 0 Å². The van der Waals surface area contributed by atoms with Crippen molar-refractivity contribution in [2.24, 2.45) is 5.73 Å². The number of esters is 2. The topological polar surface area (TPSA) is 134 Å². The number of nitrogens with two attached hydrogens (primary N) is 1. The molecule has 3 N–H and O–H groups in total. The number of unbranched alkanes of at least 4 members (excludes halogenated alkanes) is 28. The van der Waals surface area contributed by atoms with E-state index in [9.17, 15) is 19.0 Å². The number of hydrogen-bond acceptors (Lipinski definition) is 8. The zero-order valence-electron chi connectivity index (χ0n) is 31.9. The molecule has 0 aliphatic rings. The molecule has 0 rings (SSSR count). The van der Waals surface area contributed by atoms with Crippen LogP contribution in [0.5, 0.6) is 0 Å². The highest BCUT2D eigenvalue weighted by molar-refractivity contribution is 7.47. The molecule has 0 saturated heterocycles. The minimum absolute atomic E-state index is 0.0542. The van der Waals surface area contributed by atoms with E-state index in [0.29, 0.717) is 0 Å². The number of carbonyl (C=O) groups excluding carboxylic acids is 2. The Labute approximate surface area is 301 Å². The molecule has 0 heterocycles. The highest BCUT2D eigenvalue weighted by Gasteiger charge is 2.25. The van der Waals surface area contributed by atoms with Crippen molar-refractivity contribution in [2.75, 3.05) is 26.4 Å². The SMILES string of the molecule is CCCCCCCCCCCCCCCCCCCCCCCCCCCCCCCC(=O)OC[C@H](COP(=O)(O)OCCN)OC(C)=O. The highest BCUT2D eigenvalue weighted by atomic mass is 31.2. The Hall–Kier alpha value is -0.990. The molecule has 0 spiro atoms. The predicted octanol–water partition coefficient (Wildman–Crippen LogP) is 11.3. The van der Waals surface area contributed by atoms with Crippen LogP contribution in [0.15, 0.2) is 0 Å². The molecule has 0 amide bonds. The van der Waals surface area contributed by atoms with E-state index in [1.54, 1.807) is 0 Å². The number of ether oxygens (including phenoxy) is 2. The third kappa shape index (κ3) is 38.1. The van der Waals surface area contributed by atoms with Gasteiger partial charge in [-0.05, 0) is 6.42 Å². The van der Waals surface area contributed by atoms with Crippen LogP contribution in [-0.4, -0.2) is 49.3 Å². The lowest BCUT2D eigenvalue weighted by atomic mass is 10.0. The van der Waals surface area contributed by atoms with Gasteiger partial charge in [-0.1, -0.05) is 187 Å². The van der Waals surface area contributed by atoms with Crippen molar-refractivity contribution in [3.8, 4) is 0 Å². The first kappa shape index (κ1) is 48.0. The van der Waals surface area contributed by atoms with Crippen molar-refractivity contribution in [1.82, 2.24) is 0 Å². The number of rotatable bonds is 39. The molecule has 2 atom stereocenters. The minimum atomic E-state index is -4.32. The number of hydrogen-bond donors (Lipinski definition) is 2. The van der Waals surface area contributed by atoms with E-state index in [-0.39, 0.29) is 26.2 Å². The van der Waals surface area contributed by atoms with E-state index in [0.717, 1.165) is 19.3 Å². The second kappa shape index (κ2) is 36.8. The molecule has 1 unspecified atom stereocenters. The Balaban J connectivity index is 3.43. The molecule has 0 bridgehead atoms. The van der Waals surface area contributed by atoms with E-state index in [1.807, 2.05) is 0 Å². The number of phosphoric ester groups is 1. The fourth-order valence-corrected chi connectivity index (χ4v) is 6.87.